The van der Waals surface area contributed by atoms with Crippen LogP contribution in [0.4, 0.5) is 0 Å². The molecule has 1 amide bonds. The molecule has 2 N–H and O–H groups in total. The SMILES string of the molecule is O=C(NCc1ccc(I)cc1)c1c[nH]c(=O)n(Cc2ccccc2Cl)c1=O. The minimum atomic E-state index is -0.668. The maximum atomic E-state index is 12.6. The molecule has 0 aliphatic heterocycles. The van der Waals surface area contributed by atoms with E-state index in [1.54, 1.807) is 24.3 Å². The first kappa shape index (κ1) is 19.4. The maximum absolute atomic E-state index is 12.6. The van der Waals surface area contributed by atoms with Crippen molar-refractivity contribution in [1.82, 2.24) is 14.9 Å². The van der Waals surface area contributed by atoms with Gasteiger partial charge in [-0.2, -0.15) is 0 Å². The van der Waals surface area contributed by atoms with Gasteiger partial charge in [0.2, 0.25) is 0 Å². The molecule has 0 saturated heterocycles. The lowest BCUT2D eigenvalue weighted by Gasteiger charge is -2.09. The van der Waals surface area contributed by atoms with Gasteiger partial charge in [-0.15, -0.1) is 0 Å². The number of amides is 1. The van der Waals surface area contributed by atoms with Crippen LogP contribution < -0.4 is 16.6 Å². The topological polar surface area (TPSA) is 84.0 Å². The van der Waals surface area contributed by atoms with Crippen molar-refractivity contribution in [2.75, 3.05) is 0 Å². The molecule has 0 unspecified atom stereocenters. The lowest BCUT2D eigenvalue weighted by Crippen LogP contribution is -2.40. The third-order valence-electron chi connectivity index (χ3n) is 3.96. The number of halogens is 2. The van der Waals surface area contributed by atoms with Crippen LogP contribution >= 0.6 is 34.2 Å². The van der Waals surface area contributed by atoms with E-state index in [1.807, 2.05) is 24.3 Å². The molecule has 8 heteroatoms. The summed E-state index contributed by atoms with van der Waals surface area (Å²) in [5.74, 6) is -0.553. The van der Waals surface area contributed by atoms with E-state index >= 15 is 0 Å². The zero-order valence-corrected chi connectivity index (χ0v) is 17.0. The smallest absolute Gasteiger partial charge is 0.328 e. The first-order valence-electron chi connectivity index (χ1n) is 8.04. The number of benzene rings is 2. The number of H-pyrrole nitrogens is 1. The summed E-state index contributed by atoms with van der Waals surface area (Å²) in [6.07, 6.45) is 1.14. The van der Waals surface area contributed by atoms with E-state index in [-0.39, 0.29) is 18.7 Å². The highest BCUT2D eigenvalue weighted by molar-refractivity contribution is 14.1. The number of hydrogen-bond donors (Lipinski definition) is 2. The standard InChI is InChI=1S/C19H15ClIN3O3/c20-16-4-2-1-3-13(16)11-24-18(26)15(10-23-19(24)27)17(25)22-9-12-5-7-14(21)8-6-12/h1-8,10H,9,11H2,(H,22,25)(H,23,27). The molecule has 1 aromatic heterocycles. The third kappa shape index (κ3) is 4.67. The van der Waals surface area contributed by atoms with E-state index in [9.17, 15) is 14.4 Å². The normalized spacial score (nSPS) is 10.6. The predicted octanol–water partition coefficient (Wildman–Crippen LogP) is 2.77. The molecular formula is C19H15ClIN3O3. The van der Waals surface area contributed by atoms with Gasteiger partial charge in [-0.05, 0) is 51.9 Å². The third-order valence-corrected chi connectivity index (χ3v) is 5.05. The largest absolute Gasteiger partial charge is 0.348 e. The Balaban J connectivity index is 1.83. The van der Waals surface area contributed by atoms with Gasteiger partial charge < -0.3 is 10.3 Å². The van der Waals surface area contributed by atoms with Crippen LogP contribution in [-0.2, 0) is 13.1 Å². The Kier molecular flexibility index (Phi) is 6.12. The summed E-state index contributed by atoms with van der Waals surface area (Å²) in [7, 11) is 0. The highest BCUT2D eigenvalue weighted by Crippen LogP contribution is 2.15. The molecule has 2 aromatic carbocycles. The summed E-state index contributed by atoms with van der Waals surface area (Å²) in [5, 5.41) is 3.14. The van der Waals surface area contributed by atoms with Crippen LogP contribution in [0.2, 0.25) is 5.02 Å². The van der Waals surface area contributed by atoms with Crippen molar-refractivity contribution >= 4 is 40.1 Å². The number of carbonyl (C=O) groups is 1. The van der Waals surface area contributed by atoms with Crippen LogP contribution in [0.5, 0.6) is 0 Å². The average molecular weight is 496 g/mol. The quantitative estimate of drug-likeness (QED) is 0.534. The lowest BCUT2D eigenvalue weighted by molar-refractivity contribution is 0.0948. The fourth-order valence-electron chi connectivity index (χ4n) is 2.49. The number of aromatic nitrogens is 2. The molecule has 0 saturated carbocycles. The van der Waals surface area contributed by atoms with Crippen molar-refractivity contribution in [1.29, 1.82) is 0 Å². The van der Waals surface area contributed by atoms with Crippen LogP contribution in [0.1, 0.15) is 21.5 Å². The molecule has 0 bridgehead atoms. The van der Waals surface area contributed by atoms with Gasteiger partial charge in [0, 0.05) is 21.3 Å². The summed E-state index contributed by atoms with van der Waals surface area (Å²) in [6, 6.07) is 14.6. The van der Waals surface area contributed by atoms with Crippen molar-refractivity contribution in [3.63, 3.8) is 0 Å². The molecule has 0 radical (unpaired) electrons. The van der Waals surface area contributed by atoms with Gasteiger partial charge >= 0.3 is 5.69 Å². The van der Waals surface area contributed by atoms with Crippen LogP contribution in [0.15, 0.2) is 64.3 Å². The summed E-state index contributed by atoms with van der Waals surface area (Å²) >= 11 is 8.30. The van der Waals surface area contributed by atoms with Gasteiger partial charge in [0.05, 0.1) is 6.54 Å². The van der Waals surface area contributed by atoms with Crippen LogP contribution in [0, 0.1) is 3.57 Å². The second-order valence-corrected chi connectivity index (χ2v) is 7.45. The lowest BCUT2D eigenvalue weighted by atomic mass is 10.2. The number of nitrogens with zero attached hydrogens (tertiary/aromatic N) is 1. The second-order valence-electron chi connectivity index (χ2n) is 5.80. The van der Waals surface area contributed by atoms with E-state index in [0.717, 1.165) is 19.9 Å². The van der Waals surface area contributed by atoms with E-state index in [0.29, 0.717) is 10.6 Å². The van der Waals surface area contributed by atoms with Gasteiger partial charge in [0.1, 0.15) is 5.56 Å². The molecule has 3 rings (SSSR count). The maximum Gasteiger partial charge on any atom is 0.328 e. The van der Waals surface area contributed by atoms with Gasteiger partial charge in [-0.1, -0.05) is 41.9 Å². The molecule has 0 atom stereocenters. The minimum Gasteiger partial charge on any atom is -0.348 e. The minimum absolute atomic E-state index is 0.0217. The van der Waals surface area contributed by atoms with E-state index in [4.69, 9.17) is 11.6 Å². The van der Waals surface area contributed by atoms with Gasteiger partial charge in [-0.3, -0.25) is 14.2 Å². The summed E-state index contributed by atoms with van der Waals surface area (Å²) < 4.78 is 2.05. The molecular weight excluding hydrogens is 481 g/mol. The summed E-state index contributed by atoms with van der Waals surface area (Å²) in [4.78, 5) is 39.6. The molecule has 0 aliphatic carbocycles. The molecule has 1 heterocycles. The highest BCUT2D eigenvalue weighted by atomic mass is 127. The number of hydrogen-bond acceptors (Lipinski definition) is 3. The number of carbonyl (C=O) groups excluding carboxylic acids is 1. The predicted molar refractivity (Wildman–Crippen MR) is 112 cm³/mol. The van der Waals surface area contributed by atoms with Crippen molar-refractivity contribution < 1.29 is 4.79 Å². The summed E-state index contributed by atoms with van der Waals surface area (Å²) in [6.45, 7) is 0.255. The fourth-order valence-corrected chi connectivity index (χ4v) is 3.05. The van der Waals surface area contributed by atoms with Gasteiger partial charge in [0.25, 0.3) is 11.5 Å². The second kappa shape index (κ2) is 8.53. The monoisotopic (exact) mass is 495 g/mol. The van der Waals surface area contributed by atoms with Crippen molar-refractivity contribution in [3.05, 3.63) is 101 Å². The Hall–Kier alpha value is -2.39. The Bertz CT molecular complexity index is 1090. The Morgan fingerprint density at radius 1 is 1.11 bits per heavy atom. The first-order valence-corrected chi connectivity index (χ1v) is 9.50. The van der Waals surface area contributed by atoms with Crippen LogP contribution in [0.3, 0.4) is 0 Å². The summed E-state index contributed by atoms with van der Waals surface area (Å²) in [5.41, 5.74) is 0.118. The van der Waals surface area contributed by atoms with Gasteiger partial charge in [0.15, 0.2) is 0 Å². The molecule has 3 aromatic rings. The zero-order chi connectivity index (χ0) is 19.4. The number of rotatable bonds is 5. The van der Waals surface area contributed by atoms with E-state index in [2.05, 4.69) is 32.9 Å². The van der Waals surface area contributed by atoms with Crippen LogP contribution in [-0.4, -0.2) is 15.5 Å². The molecule has 6 nitrogen and oxygen atoms in total. The zero-order valence-electron chi connectivity index (χ0n) is 14.0. The van der Waals surface area contributed by atoms with Crippen molar-refractivity contribution in [2.24, 2.45) is 0 Å². The Labute approximate surface area is 173 Å². The molecule has 0 fully saturated rings. The molecule has 0 aliphatic rings. The van der Waals surface area contributed by atoms with E-state index in [1.165, 1.54) is 0 Å². The van der Waals surface area contributed by atoms with Gasteiger partial charge in [-0.25, -0.2) is 4.79 Å². The highest BCUT2D eigenvalue weighted by Gasteiger charge is 2.15. The first-order chi connectivity index (χ1) is 13.0. The molecule has 27 heavy (non-hydrogen) atoms. The Morgan fingerprint density at radius 2 is 1.81 bits per heavy atom. The molecule has 138 valence electrons. The molecule has 0 spiro atoms. The Morgan fingerprint density at radius 3 is 2.52 bits per heavy atom. The fraction of sp³-hybridized carbons (Fsp3) is 0.105. The van der Waals surface area contributed by atoms with Crippen molar-refractivity contribution in [3.8, 4) is 0 Å². The number of aromatic amines is 1. The van der Waals surface area contributed by atoms with Crippen LogP contribution in [0.25, 0.3) is 0 Å². The average Bonchev–Trinajstić information content (AvgIpc) is 2.66. The van der Waals surface area contributed by atoms with E-state index < -0.39 is 17.2 Å². The number of nitrogens with one attached hydrogen (secondary N) is 2. The van der Waals surface area contributed by atoms with Crippen molar-refractivity contribution in [2.45, 2.75) is 13.1 Å².